The zero-order valence-electron chi connectivity index (χ0n) is 10.1. The number of nitrogens with zero attached hydrogens (tertiary/aromatic N) is 3. The van der Waals surface area contributed by atoms with E-state index < -0.39 is 0 Å². The van der Waals surface area contributed by atoms with Gasteiger partial charge in [-0.05, 0) is 53.7 Å². The molecular formula is C12H17BrN4O. The molecule has 0 saturated heterocycles. The maximum atomic E-state index is 9.60. The lowest BCUT2D eigenvalue weighted by molar-refractivity contribution is 0.117. The van der Waals surface area contributed by atoms with Gasteiger partial charge in [0.15, 0.2) is 0 Å². The van der Waals surface area contributed by atoms with Crippen LogP contribution in [0.2, 0.25) is 0 Å². The molecule has 0 unspecified atom stereocenters. The fraction of sp³-hybridized carbons (Fsp3) is 0.583. The van der Waals surface area contributed by atoms with E-state index in [1.165, 1.54) is 0 Å². The lowest BCUT2D eigenvalue weighted by Gasteiger charge is -2.39. The highest BCUT2D eigenvalue weighted by molar-refractivity contribution is 9.10. The van der Waals surface area contributed by atoms with E-state index >= 15 is 0 Å². The predicted molar refractivity (Wildman–Crippen MR) is 74.2 cm³/mol. The third kappa shape index (κ3) is 1.93. The monoisotopic (exact) mass is 312 g/mol. The van der Waals surface area contributed by atoms with Gasteiger partial charge in [-0.25, -0.2) is 9.67 Å². The molecule has 0 radical (unpaired) electrons. The third-order valence-corrected chi connectivity index (χ3v) is 4.40. The van der Waals surface area contributed by atoms with Crippen LogP contribution >= 0.6 is 15.9 Å². The minimum Gasteiger partial charge on any atom is -0.393 e. The van der Waals surface area contributed by atoms with Crippen LogP contribution in [0.15, 0.2) is 21.7 Å². The number of hydrogen-bond acceptors (Lipinski definition) is 4. The van der Waals surface area contributed by atoms with E-state index in [0.29, 0.717) is 18.5 Å². The Balaban J connectivity index is 1.88. The molecule has 5 nitrogen and oxygen atoms in total. The van der Waals surface area contributed by atoms with E-state index in [0.717, 1.165) is 36.0 Å². The summed E-state index contributed by atoms with van der Waals surface area (Å²) < 4.78 is 3.10. The number of aliphatic hydroxyl groups is 1. The van der Waals surface area contributed by atoms with Gasteiger partial charge in [0.2, 0.25) is 0 Å². The summed E-state index contributed by atoms with van der Waals surface area (Å²) in [7, 11) is 0. The molecule has 0 atom stereocenters. The first-order valence-corrected chi connectivity index (χ1v) is 7.08. The molecule has 1 fully saturated rings. The molecule has 6 heteroatoms. The maximum absolute atomic E-state index is 9.60. The Kier molecular flexibility index (Phi) is 3.07. The first kappa shape index (κ1) is 12.0. The molecule has 0 amide bonds. The van der Waals surface area contributed by atoms with Crippen LogP contribution in [-0.2, 0) is 0 Å². The molecule has 1 aromatic heterocycles. The molecule has 2 heterocycles. The van der Waals surface area contributed by atoms with Gasteiger partial charge in [-0.15, -0.1) is 0 Å². The summed E-state index contributed by atoms with van der Waals surface area (Å²) >= 11 is 3.56. The van der Waals surface area contributed by atoms with E-state index in [1.807, 2.05) is 12.1 Å². The van der Waals surface area contributed by atoms with E-state index in [9.17, 15) is 5.11 Å². The van der Waals surface area contributed by atoms with Crippen LogP contribution in [0.4, 0.5) is 0 Å². The van der Waals surface area contributed by atoms with Crippen molar-refractivity contribution >= 4 is 21.8 Å². The Bertz CT molecular complexity index is 476. The molecule has 1 saturated carbocycles. The lowest BCUT2D eigenvalue weighted by atomic mass is 9.93. The maximum Gasteiger partial charge on any atom is 0.146 e. The molecule has 0 spiro atoms. The number of fused-ring (bicyclic) bond motifs is 1. The molecule has 98 valence electrons. The number of hydrogen-bond donors (Lipinski definition) is 2. The normalized spacial score (nSPS) is 27.9. The van der Waals surface area contributed by atoms with Crippen LogP contribution in [0.5, 0.6) is 0 Å². The van der Waals surface area contributed by atoms with Crippen LogP contribution < -0.4 is 10.7 Å². The highest BCUT2D eigenvalue weighted by Crippen LogP contribution is 2.27. The van der Waals surface area contributed by atoms with Gasteiger partial charge >= 0.3 is 0 Å². The zero-order chi connectivity index (χ0) is 12.7. The summed E-state index contributed by atoms with van der Waals surface area (Å²) in [5.41, 5.74) is 6.86. The Labute approximate surface area is 114 Å². The highest BCUT2D eigenvalue weighted by Gasteiger charge is 2.29. The molecule has 1 aromatic rings. The summed E-state index contributed by atoms with van der Waals surface area (Å²) in [4.78, 5) is 4.38. The number of halogens is 1. The first-order valence-electron chi connectivity index (χ1n) is 6.29. The average molecular weight is 313 g/mol. The van der Waals surface area contributed by atoms with Gasteiger partial charge in [-0.3, -0.25) is 5.01 Å². The topological polar surface area (TPSA) is 66.8 Å². The molecule has 1 aliphatic carbocycles. The highest BCUT2D eigenvalue weighted by atomic mass is 79.9. The van der Waals surface area contributed by atoms with Crippen LogP contribution in [0.25, 0.3) is 0 Å². The summed E-state index contributed by atoms with van der Waals surface area (Å²) in [5, 5.41) is 11.8. The molecule has 18 heavy (non-hydrogen) atoms. The van der Waals surface area contributed by atoms with Crippen molar-refractivity contribution in [2.75, 3.05) is 11.7 Å². The van der Waals surface area contributed by atoms with Crippen molar-refractivity contribution in [2.45, 2.75) is 37.8 Å². The van der Waals surface area contributed by atoms with Crippen molar-refractivity contribution in [3.63, 3.8) is 0 Å². The fourth-order valence-corrected chi connectivity index (χ4v) is 3.31. The number of aliphatic hydroxyl groups excluding tert-OH is 1. The van der Waals surface area contributed by atoms with Gasteiger partial charge < -0.3 is 10.8 Å². The van der Waals surface area contributed by atoms with Crippen LogP contribution in [0, 0.1) is 0 Å². The SMILES string of the molecule is NC1=NCN(C2CCC(O)CC2)n2c(Br)ccc21. The van der Waals surface area contributed by atoms with Crippen molar-refractivity contribution in [3.8, 4) is 0 Å². The number of nitrogens with two attached hydrogens (primary N) is 1. The van der Waals surface area contributed by atoms with E-state index in [2.05, 4.69) is 30.6 Å². The molecule has 3 rings (SSSR count). The second kappa shape index (κ2) is 4.59. The van der Waals surface area contributed by atoms with Crippen molar-refractivity contribution in [3.05, 3.63) is 22.4 Å². The van der Waals surface area contributed by atoms with Crippen molar-refractivity contribution in [1.82, 2.24) is 4.68 Å². The first-order chi connectivity index (χ1) is 8.66. The van der Waals surface area contributed by atoms with Gasteiger partial charge in [0.1, 0.15) is 22.8 Å². The van der Waals surface area contributed by atoms with E-state index in [-0.39, 0.29) is 6.10 Å². The Hall–Kier alpha value is -1.01. The summed E-state index contributed by atoms with van der Waals surface area (Å²) in [5.74, 6) is 0.591. The van der Waals surface area contributed by atoms with Gasteiger partial charge in [-0.2, -0.15) is 0 Å². The second-order valence-electron chi connectivity index (χ2n) is 4.94. The number of amidine groups is 1. The quantitative estimate of drug-likeness (QED) is 0.818. The number of rotatable bonds is 1. The molecule has 2 aliphatic rings. The lowest BCUT2D eigenvalue weighted by Crippen LogP contribution is -2.50. The molecular weight excluding hydrogens is 296 g/mol. The van der Waals surface area contributed by atoms with E-state index in [4.69, 9.17) is 5.73 Å². The molecule has 3 N–H and O–H groups in total. The van der Waals surface area contributed by atoms with Crippen LogP contribution in [0.3, 0.4) is 0 Å². The average Bonchev–Trinajstić information content (AvgIpc) is 2.75. The number of aliphatic imine (C=N–C) groups is 1. The summed E-state index contributed by atoms with van der Waals surface area (Å²) in [6, 6.07) is 4.40. The summed E-state index contributed by atoms with van der Waals surface area (Å²) in [6.45, 7) is 0.590. The largest absolute Gasteiger partial charge is 0.393 e. The predicted octanol–water partition coefficient (Wildman–Crippen LogP) is 1.17. The van der Waals surface area contributed by atoms with Gasteiger partial charge in [0.25, 0.3) is 0 Å². The standard InChI is InChI=1S/C12H17BrN4O/c13-11-6-5-10-12(14)15-7-16(17(10)11)8-1-3-9(18)4-2-8/h5-6,8-9,18H,1-4,7H2,(H2,14,15). The Morgan fingerprint density at radius 1 is 1.28 bits per heavy atom. The second-order valence-corrected chi connectivity index (χ2v) is 5.75. The Morgan fingerprint density at radius 2 is 2.00 bits per heavy atom. The fourth-order valence-electron chi connectivity index (χ4n) is 2.79. The van der Waals surface area contributed by atoms with E-state index in [1.54, 1.807) is 0 Å². The van der Waals surface area contributed by atoms with Gasteiger partial charge in [0, 0.05) is 6.04 Å². The minimum atomic E-state index is -0.132. The van der Waals surface area contributed by atoms with Crippen LogP contribution in [0.1, 0.15) is 31.4 Å². The van der Waals surface area contributed by atoms with Gasteiger partial charge in [-0.1, -0.05) is 0 Å². The Morgan fingerprint density at radius 3 is 2.72 bits per heavy atom. The molecule has 0 aromatic carbocycles. The smallest absolute Gasteiger partial charge is 0.146 e. The van der Waals surface area contributed by atoms with Crippen LogP contribution in [-0.4, -0.2) is 34.4 Å². The minimum absolute atomic E-state index is 0.132. The summed E-state index contributed by atoms with van der Waals surface area (Å²) in [6.07, 6.45) is 3.61. The zero-order valence-corrected chi connectivity index (χ0v) is 11.7. The van der Waals surface area contributed by atoms with Crippen molar-refractivity contribution in [2.24, 2.45) is 10.7 Å². The van der Waals surface area contributed by atoms with Crippen molar-refractivity contribution < 1.29 is 5.11 Å². The molecule has 1 aliphatic heterocycles. The van der Waals surface area contributed by atoms with Gasteiger partial charge in [0.05, 0.1) is 6.10 Å². The molecule has 0 bridgehead atoms. The van der Waals surface area contributed by atoms with Crippen molar-refractivity contribution in [1.29, 1.82) is 0 Å². The number of aromatic nitrogens is 1. The third-order valence-electron chi connectivity index (χ3n) is 3.80.